The molecule has 0 saturated carbocycles. The molecule has 0 amide bonds. The van der Waals surface area contributed by atoms with E-state index in [-0.39, 0.29) is 11.4 Å². The molecule has 7 nitrogen and oxygen atoms in total. The van der Waals surface area contributed by atoms with Gasteiger partial charge in [-0.15, -0.1) is 0 Å². The number of benzene rings is 2. The largest absolute Gasteiger partial charge is 0.497 e. The predicted molar refractivity (Wildman–Crippen MR) is 81.7 cm³/mol. The fourth-order valence-electron chi connectivity index (χ4n) is 1.85. The Morgan fingerprint density at radius 2 is 1.64 bits per heavy atom. The number of nitro benzene ring substituents is 2. The zero-order valence-electron chi connectivity index (χ0n) is 11.6. The van der Waals surface area contributed by atoms with Crippen molar-refractivity contribution in [2.24, 2.45) is 0 Å². The van der Waals surface area contributed by atoms with Gasteiger partial charge in [-0.05, 0) is 29.8 Å². The summed E-state index contributed by atoms with van der Waals surface area (Å²) in [6.07, 6.45) is 3.23. The molecule has 0 N–H and O–H groups in total. The first kappa shape index (κ1) is 15.2. The van der Waals surface area contributed by atoms with Gasteiger partial charge in [-0.2, -0.15) is 0 Å². The zero-order chi connectivity index (χ0) is 16.1. The smallest absolute Gasteiger partial charge is 0.283 e. The van der Waals surface area contributed by atoms with Crippen LogP contribution in [0.1, 0.15) is 11.1 Å². The van der Waals surface area contributed by atoms with Gasteiger partial charge in [-0.1, -0.05) is 18.2 Å². The van der Waals surface area contributed by atoms with Gasteiger partial charge in [0.1, 0.15) is 5.75 Å². The Labute approximate surface area is 125 Å². The lowest BCUT2D eigenvalue weighted by Crippen LogP contribution is -1.94. The topological polar surface area (TPSA) is 95.5 Å². The minimum absolute atomic E-state index is 0.298. The van der Waals surface area contributed by atoms with Gasteiger partial charge in [-0.25, -0.2) is 0 Å². The van der Waals surface area contributed by atoms with Crippen LogP contribution < -0.4 is 4.74 Å². The SMILES string of the molecule is COc1ccc(/C=C/c2ccc([N+](=O)[O-])cc2[N+](=O)[O-])cc1. The van der Waals surface area contributed by atoms with E-state index >= 15 is 0 Å². The van der Waals surface area contributed by atoms with Crippen LogP contribution in [-0.4, -0.2) is 17.0 Å². The van der Waals surface area contributed by atoms with Crippen molar-refractivity contribution in [1.29, 1.82) is 0 Å². The second-order valence-electron chi connectivity index (χ2n) is 4.36. The van der Waals surface area contributed by atoms with Crippen molar-refractivity contribution in [2.75, 3.05) is 7.11 Å². The van der Waals surface area contributed by atoms with Crippen LogP contribution in [0.2, 0.25) is 0 Å². The number of methoxy groups -OCH3 is 1. The number of non-ortho nitro benzene ring substituents is 1. The summed E-state index contributed by atoms with van der Waals surface area (Å²) >= 11 is 0. The summed E-state index contributed by atoms with van der Waals surface area (Å²) in [6, 6.07) is 10.7. The minimum Gasteiger partial charge on any atom is -0.497 e. The Kier molecular flexibility index (Phi) is 4.47. The van der Waals surface area contributed by atoms with Gasteiger partial charge in [0, 0.05) is 6.07 Å². The molecule has 0 spiro atoms. The summed E-state index contributed by atoms with van der Waals surface area (Å²) < 4.78 is 5.04. The van der Waals surface area contributed by atoms with Crippen LogP contribution in [-0.2, 0) is 0 Å². The van der Waals surface area contributed by atoms with E-state index in [1.807, 2.05) is 0 Å². The summed E-state index contributed by atoms with van der Waals surface area (Å²) in [6.45, 7) is 0. The summed E-state index contributed by atoms with van der Waals surface area (Å²) in [7, 11) is 1.56. The molecule has 0 atom stereocenters. The highest BCUT2D eigenvalue weighted by Crippen LogP contribution is 2.26. The standard InChI is InChI=1S/C15H12N2O5/c1-22-14-8-3-11(4-9-14)2-5-12-6-7-13(16(18)19)10-15(12)17(20)21/h2-10H,1H3/b5-2+. The van der Waals surface area contributed by atoms with E-state index in [4.69, 9.17) is 4.74 Å². The number of hydrogen-bond donors (Lipinski definition) is 0. The highest BCUT2D eigenvalue weighted by atomic mass is 16.6. The second-order valence-corrected chi connectivity index (χ2v) is 4.36. The molecule has 2 aromatic rings. The number of ether oxygens (including phenoxy) is 1. The van der Waals surface area contributed by atoms with E-state index in [1.165, 1.54) is 12.1 Å². The average molecular weight is 300 g/mol. The third kappa shape index (κ3) is 3.45. The lowest BCUT2D eigenvalue weighted by molar-refractivity contribution is -0.394. The maximum atomic E-state index is 11.0. The maximum Gasteiger partial charge on any atom is 0.283 e. The molecule has 0 heterocycles. The normalized spacial score (nSPS) is 10.6. The Morgan fingerprint density at radius 1 is 0.955 bits per heavy atom. The number of rotatable bonds is 5. The van der Waals surface area contributed by atoms with E-state index in [2.05, 4.69) is 0 Å². The highest BCUT2D eigenvalue weighted by Gasteiger charge is 2.17. The zero-order valence-corrected chi connectivity index (χ0v) is 11.6. The molecular formula is C15H12N2O5. The third-order valence-corrected chi connectivity index (χ3v) is 2.99. The number of hydrogen-bond acceptors (Lipinski definition) is 5. The maximum absolute atomic E-state index is 11.0. The molecule has 0 aliphatic carbocycles. The van der Waals surface area contributed by atoms with Crippen molar-refractivity contribution in [1.82, 2.24) is 0 Å². The van der Waals surface area contributed by atoms with Crippen molar-refractivity contribution >= 4 is 23.5 Å². The van der Waals surface area contributed by atoms with Crippen molar-refractivity contribution in [3.05, 3.63) is 73.8 Å². The molecule has 22 heavy (non-hydrogen) atoms. The monoisotopic (exact) mass is 300 g/mol. The van der Waals surface area contributed by atoms with Crippen molar-refractivity contribution in [2.45, 2.75) is 0 Å². The molecule has 7 heteroatoms. The lowest BCUT2D eigenvalue weighted by Gasteiger charge is -2.00. The van der Waals surface area contributed by atoms with E-state index in [9.17, 15) is 20.2 Å². The van der Waals surface area contributed by atoms with Crippen LogP contribution in [0, 0.1) is 20.2 Å². The van der Waals surface area contributed by atoms with E-state index in [0.29, 0.717) is 11.3 Å². The van der Waals surface area contributed by atoms with Crippen LogP contribution in [0.4, 0.5) is 11.4 Å². The summed E-state index contributed by atoms with van der Waals surface area (Å²) in [5, 5.41) is 21.7. The molecule has 0 saturated heterocycles. The van der Waals surface area contributed by atoms with Crippen LogP contribution in [0.25, 0.3) is 12.2 Å². The lowest BCUT2D eigenvalue weighted by atomic mass is 10.1. The third-order valence-electron chi connectivity index (χ3n) is 2.99. The number of nitrogens with zero attached hydrogens (tertiary/aromatic N) is 2. The fourth-order valence-corrected chi connectivity index (χ4v) is 1.85. The van der Waals surface area contributed by atoms with Gasteiger partial charge in [0.05, 0.1) is 28.6 Å². The first-order valence-corrected chi connectivity index (χ1v) is 6.26. The number of nitro groups is 2. The van der Waals surface area contributed by atoms with Crippen molar-refractivity contribution in [3.8, 4) is 5.75 Å². The first-order chi connectivity index (χ1) is 10.5. The Balaban J connectivity index is 2.33. The minimum atomic E-state index is -0.663. The van der Waals surface area contributed by atoms with Gasteiger partial charge in [0.25, 0.3) is 11.4 Å². The van der Waals surface area contributed by atoms with E-state index in [0.717, 1.165) is 11.6 Å². The molecule has 2 aromatic carbocycles. The Morgan fingerprint density at radius 3 is 2.18 bits per heavy atom. The van der Waals surface area contributed by atoms with Crippen LogP contribution >= 0.6 is 0 Å². The van der Waals surface area contributed by atoms with Gasteiger partial charge in [0.15, 0.2) is 0 Å². The summed E-state index contributed by atoms with van der Waals surface area (Å²) in [4.78, 5) is 20.4. The van der Waals surface area contributed by atoms with Gasteiger partial charge in [0.2, 0.25) is 0 Å². The van der Waals surface area contributed by atoms with E-state index in [1.54, 1.807) is 43.5 Å². The average Bonchev–Trinajstić information content (AvgIpc) is 2.53. The van der Waals surface area contributed by atoms with Crippen molar-refractivity contribution in [3.63, 3.8) is 0 Å². The molecule has 112 valence electrons. The molecule has 2 rings (SSSR count). The Bertz CT molecular complexity index is 738. The summed E-state index contributed by atoms with van der Waals surface area (Å²) in [5.74, 6) is 0.707. The quantitative estimate of drug-likeness (QED) is 0.476. The van der Waals surface area contributed by atoms with Crippen LogP contribution in [0.3, 0.4) is 0 Å². The first-order valence-electron chi connectivity index (χ1n) is 6.26. The molecule has 0 aromatic heterocycles. The van der Waals surface area contributed by atoms with E-state index < -0.39 is 9.85 Å². The predicted octanol–water partition coefficient (Wildman–Crippen LogP) is 3.68. The van der Waals surface area contributed by atoms with Gasteiger partial charge < -0.3 is 4.74 Å². The molecule has 0 aliphatic rings. The van der Waals surface area contributed by atoms with Crippen molar-refractivity contribution < 1.29 is 14.6 Å². The second kappa shape index (κ2) is 6.49. The highest BCUT2D eigenvalue weighted by molar-refractivity contribution is 5.75. The van der Waals surface area contributed by atoms with Gasteiger partial charge >= 0.3 is 0 Å². The molecule has 0 unspecified atom stereocenters. The molecule has 0 fully saturated rings. The molecule has 0 radical (unpaired) electrons. The van der Waals surface area contributed by atoms with Crippen LogP contribution in [0.5, 0.6) is 5.75 Å². The van der Waals surface area contributed by atoms with Gasteiger partial charge in [-0.3, -0.25) is 20.2 Å². The Hall–Kier alpha value is -3.22. The van der Waals surface area contributed by atoms with Crippen LogP contribution in [0.15, 0.2) is 42.5 Å². The fraction of sp³-hybridized carbons (Fsp3) is 0.0667. The molecule has 0 aliphatic heterocycles. The molecule has 0 bridgehead atoms. The summed E-state index contributed by atoms with van der Waals surface area (Å²) in [5.41, 5.74) is 0.507. The molecular weight excluding hydrogens is 288 g/mol.